The first-order valence-electron chi connectivity index (χ1n) is 6.07. The molecule has 3 nitrogen and oxygen atoms in total. The summed E-state index contributed by atoms with van der Waals surface area (Å²) in [7, 11) is 0. The molecule has 1 aromatic carbocycles. The topological polar surface area (TPSA) is 48.1 Å². The third kappa shape index (κ3) is 2.08. The molecular formula is C14H16N2OS. The Kier molecular flexibility index (Phi) is 2.55. The van der Waals surface area contributed by atoms with Crippen molar-refractivity contribution < 1.29 is 4.74 Å². The smallest absolute Gasteiger partial charge is 0.180 e. The van der Waals surface area contributed by atoms with Crippen LogP contribution in [0.2, 0.25) is 0 Å². The number of thiazole rings is 1. The fourth-order valence-electron chi connectivity index (χ4n) is 2.24. The van der Waals surface area contributed by atoms with Crippen molar-refractivity contribution in [1.29, 1.82) is 0 Å². The third-order valence-corrected chi connectivity index (χ3v) is 3.93. The van der Waals surface area contributed by atoms with Gasteiger partial charge < -0.3 is 10.5 Å². The standard InChI is InChI=1S/C14H16N2OS/c1-14(2)6-5-10-7-9(3-4-12(10)17-14)11-8-18-13(15)16-11/h3-4,7-8H,5-6H2,1-2H3,(H2,15,16). The second-order valence-electron chi connectivity index (χ2n) is 5.26. The quantitative estimate of drug-likeness (QED) is 0.853. The molecule has 18 heavy (non-hydrogen) atoms. The van der Waals surface area contributed by atoms with Gasteiger partial charge in [0.1, 0.15) is 11.4 Å². The van der Waals surface area contributed by atoms with Crippen LogP contribution in [-0.4, -0.2) is 10.6 Å². The average molecular weight is 260 g/mol. The molecule has 2 heterocycles. The summed E-state index contributed by atoms with van der Waals surface area (Å²) in [6.45, 7) is 4.26. The van der Waals surface area contributed by atoms with Gasteiger partial charge in [-0.15, -0.1) is 11.3 Å². The number of benzene rings is 1. The number of nitrogens with zero attached hydrogens (tertiary/aromatic N) is 1. The molecule has 0 radical (unpaired) electrons. The molecule has 0 saturated heterocycles. The number of rotatable bonds is 1. The number of ether oxygens (including phenoxy) is 1. The number of hydrogen-bond donors (Lipinski definition) is 1. The van der Waals surface area contributed by atoms with E-state index in [9.17, 15) is 0 Å². The number of aryl methyl sites for hydroxylation is 1. The van der Waals surface area contributed by atoms with Crippen LogP contribution in [0.5, 0.6) is 5.75 Å². The van der Waals surface area contributed by atoms with Crippen molar-refractivity contribution in [2.75, 3.05) is 5.73 Å². The molecule has 0 fully saturated rings. The maximum Gasteiger partial charge on any atom is 0.180 e. The first-order valence-corrected chi connectivity index (χ1v) is 6.95. The van der Waals surface area contributed by atoms with E-state index in [0.717, 1.165) is 29.8 Å². The zero-order chi connectivity index (χ0) is 12.8. The van der Waals surface area contributed by atoms with E-state index in [1.165, 1.54) is 16.9 Å². The average Bonchev–Trinajstić information content (AvgIpc) is 2.74. The van der Waals surface area contributed by atoms with Crippen LogP contribution in [-0.2, 0) is 6.42 Å². The molecule has 3 rings (SSSR count). The maximum atomic E-state index is 5.97. The molecule has 0 unspecified atom stereocenters. The van der Waals surface area contributed by atoms with Gasteiger partial charge in [0, 0.05) is 10.9 Å². The Hall–Kier alpha value is -1.55. The van der Waals surface area contributed by atoms with Gasteiger partial charge in [-0.25, -0.2) is 4.98 Å². The van der Waals surface area contributed by atoms with Gasteiger partial charge in [-0.05, 0) is 50.5 Å². The zero-order valence-electron chi connectivity index (χ0n) is 10.6. The highest BCUT2D eigenvalue weighted by atomic mass is 32.1. The number of aromatic nitrogens is 1. The summed E-state index contributed by atoms with van der Waals surface area (Å²) in [5.74, 6) is 0.998. The predicted molar refractivity (Wildman–Crippen MR) is 75.0 cm³/mol. The number of fused-ring (bicyclic) bond motifs is 1. The molecule has 1 aromatic heterocycles. The molecule has 1 aliphatic rings. The SMILES string of the molecule is CC1(C)CCc2cc(-c3csc(N)n3)ccc2O1. The van der Waals surface area contributed by atoms with Gasteiger partial charge in [-0.3, -0.25) is 0 Å². The summed E-state index contributed by atoms with van der Waals surface area (Å²) in [6.07, 6.45) is 2.10. The summed E-state index contributed by atoms with van der Waals surface area (Å²) >= 11 is 1.47. The largest absolute Gasteiger partial charge is 0.488 e. The molecule has 94 valence electrons. The van der Waals surface area contributed by atoms with Crippen molar-refractivity contribution in [1.82, 2.24) is 4.98 Å². The lowest BCUT2D eigenvalue weighted by molar-refractivity contribution is 0.0847. The molecule has 0 amide bonds. The molecule has 0 spiro atoms. The van der Waals surface area contributed by atoms with Crippen molar-refractivity contribution in [3.63, 3.8) is 0 Å². The van der Waals surface area contributed by atoms with Crippen LogP contribution in [0.25, 0.3) is 11.3 Å². The van der Waals surface area contributed by atoms with E-state index in [4.69, 9.17) is 10.5 Å². The van der Waals surface area contributed by atoms with E-state index in [-0.39, 0.29) is 5.60 Å². The van der Waals surface area contributed by atoms with Crippen LogP contribution < -0.4 is 10.5 Å². The molecule has 2 aromatic rings. The Morgan fingerprint density at radius 2 is 2.22 bits per heavy atom. The summed E-state index contributed by atoms with van der Waals surface area (Å²) in [5.41, 5.74) is 8.94. The molecule has 0 atom stereocenters. The number of nitrogen functional groups attached to an aromatic ring is 1. The van der Waals surface area contributed by atoms with Crippen LogP contribution in [0.4, 0.5) is 5.13 Å². The zero-order valence-corrected chi connectivity index (χ0v) is 11.4. The molecule has 0 saturated carbocycles. The van der Waals surface area contributed by atoms with Gasteiger partial charge in [0.2, 0.25) is 0 Å². The van der Waals surface area contributed by atoms with Crippen molar-refractivity contribution in [2.45, 2.75) is 32.3 Å². The second-order valence-corrected chi connectivity index (χ2v) is 6.14. The monoisotopic (exact) mass is 260 g/mol. The first kappa shape index (κ1) is 11.5. The van der Waals surface area contributed by atoms with Crippen LogP contribution in [0, 0.1) is 0 Å². The lowest BCUT2D eigenvalue weighted by Gasteiger charge is -2.32. The lowest BCUT2D eigenvalue weighted by atomic mass is 9.93. The third-order valence-electron chi connectivity index (χ3n) is 3.26. The molecule has 4 heteroatoms. The molecule has 0 aliphatic carbocycles. The van der Waals surface area contributed by atoms with E-state index in [1.54, 1.807) is 0 Å². The highest BCUT2D eigenvalue weighted by molar-refractivity contribution is 7.13. The Balaban J connectivity index is 1.97. The molecule has 0 bridgehead atoms. The van der Waals surface area contributed by atoms with Crippen LogP contribution in [0.15, 0.2) is 23.6 Å². The Bertz CT molecular complexity index is 589. The number of anilines is 1. The van der Waals surface area contributed by atoms with Gasteiger partial charge in [-0.1, -0.05) is 0 Å². The lowest BCUT2D eigenvalue weighted by Crippen LogP contribution is -2.32. The highest BCUT2D eigenvalue weighted by Crippen LogP contribution is 2.35. The van der Waals surface area contributed by atoms with Crippen molar-refractivity contribution in [3.8, 4) is 17.0 Å². The van der Waals surface area contributed by atoms with Gasteiger partial charge in [-0.2, -0.15) is 0 Å². The van der Waals surface area contributed by atoms with E-state index in [2.05, 4.69) is 31.0 Å². The minimum Gasteiger partial charge on any atom is -0.488 e. The summed E-state index contributed by atoms with van der Waals surface area (Å²) < 4.78 is 5.97. The van der Waals surface area contributed by atoms with E-state index in [0.29, 0.717) is 5.13 Å². The summed E-state index contributed by atoms with van der Waals surface area (Å²) in [5, 5.41) is 2.60. The fraction of sp³-hybridized carbons (Fsp3) is 0.357. The number of nitrogens with two attached hydrogens (primary N) is 1. The predicted octanol–water partition coefficient (Wildman–Crippen LogP) is 3.50. The summed E-state index contributed by atoms with van der Waals surface area (Å²) in [6, 6.07) is 6.26. The van der Waals surface area contributed by atoms with Crippen LogP contribution >= 0.6 is 11.3 Å². The van der Waals surface area contributed by atoms with E-state index < -0.39 is 0 Å². The van der Waals surface area contributed by atoms with Gasteiger partial charge >= 0.3 is 0 Å². The maximum absolute atomic E-state index is 5.97. The molecule has 1 aliphatic heterocycles. The first-order chi connectivity index (χ1) is 8.53. The summed E-state index contributed by atoms with van der Waals surface area (Å²) in [4.78, 5) is 4.31. The minimum atomic E-state index is -0.0560. The second kappa shape index (κ2) is 3.99. The van der Waals surface area contributed by atoms with Crippen LogP contribution in [0.1, 0.15) is 25.8 Å². The molecular weight excluding hydrogens is 244 g/mol. The van der Waals surface area contributed by atoms with Crippen molar-refractivity contribution in [3.05, 3.63) is 29.1 Å². The van der Waals surface area contributed by atoms with Gasteiger partial charge in [0.15, 0.2) is 5.13 Å². The Morgan fingerprint density at radius 3 is 2.94 bits per heavy atom. The van der Waals surface area contributed by atoms with Crippen LogP contribution in [0.3, 0.4) is 0 Å². The highest BCUT2D eigenvalue weighted by Gasteiger charge is 2.26. The van der Waals surface area contributed by atoms with E-state index in [1.807, 2.05) is 11.4 Å². The van der Waals surface area contributed by atoms with Gasteiger partial charge in [0.25, 0.3) is 0 Å². The van der Waals surface area contributed by atoms with Gasteiger partial charge in [0.05, 0.1) is 5.69 Å². The van der Waals surface area contributed by atoms with Crippen molar-refractivity contribution >= 4 is 16.5 Å². The Morgan fingerprint density at radius 1 is 1.39 bits per heavy atom. The van der Waals surface area contributed by atoms with Crippen molar-refractivity contribution in [2.24, 2.45) is 0 Å². The van der Waals surface area contributed by atoms with E-state index >= 15 is 0 Å². The molecule has 2 N–H and O–H groups in total. The number of hydrogen-bond acceptors (Lipinski definition) is 4. The minimum absolute atomic E-state index is 0.0560. The fourth-order valence-corrected chi connectivity index (χ4v) is 2.81. The normalized spacial score (nSPS) is 17.0. The Labute approximate surface area is 111 Å².